The molecule has 0 aliphatic heterocycles. The summed E-state index contributed by atoms with van der Waals surface area (Å²) in [7, 11) is 1.50. The van der Waals surface area contributed by atoms with Crippen molar-refractivity contribution in [2.75, 3.05) is 7.11 Å². The van der Waals surface area contributed by atoms with Gasteiger partial charge in [0, 0.05) is 17.2 Å². The van der Waals surface area contributed by atoms with Gasteiger partial charge in [-0.3, -0.25) is 0 Å². The number of ether oxygens (including phenoxy) is 1. The van der Waals surface area contributed by atoms with Crippen LogP contribution in [0.3, 0.4) is 0 Å². The first-order valence-electron chi connectivity index (χ1n) is 4.18. The molecule has 0 bridgehead atoms. The smallest absolute Gasteiger partial charge is 0.141 e. The summed E-state index contributed by atoms with van der Waals surface area (Å²) >= 11 is 3.12. The largest absolute Gasteiger partial charge is 0.496 e. The molecular weight excluding hydrogens is 249 g/mol. The molecule has 4 heteroatoms. The van der Waals surface area contributed by atoms with Crippen LogP contribution in [-0.4, -0.2) is 7.11 Å². The molecule has 0 radical (unpaired) electrons. The quantitative estimate of drug-likeness (QED) is 0.889. The second-order valence-corrected chi connectivity index (χ2v) is 4.54. The number of hydrogen-bond acceptors (Lipinski definition) is 2. The highest BCUT2D eigenvalue weighted by atomic mass is 79.9. The molecule has 1 aromatic rings. The van der Waals surface area contributed by atoms with E-state index in [1.54, 1.807) is 6.07 Å². The summed E-state index contributed by atoms with van der Waals surface area (Å²) in [5.74, 6) is 0.119. The number of rotatable bonds is 2. The van der Waals surface area contributed by atoms with Crippen molar-refractivity contribution >= 4 is 15.9 Å². The van der Waals surface area contributed by atoms with Crippen LogP contribution >= 0.6 is 15.9 Å². The highest BCUT2D eigenvalue weighted by Gasteiger charge is 2.21. The summed E-state index contributed by atoms with van der Waals surface area (Å²) in [4.78, 5) is 0. The van der Waals surface area contributed by atoms with E-state index in [9.17, 15) is 4.39 Å². The van der Waals surface area contributed by atoms with Crippen molar-refractivity contribution in [1.82, 2.24) is 0 Å². The lowest BCUT2D eigenvalue weighted by Crippen LogP contribution is -2.29. The average molecular weight is 262 g/mol. The summed E-state index contributed by atoms with van der Waals surface area (Å²) in [6.45, 7) is 3.68. The van der Waals surface area contributed by atoms with Crippen molar-refractivity contribution in [3.8, 4) is 5.75 Å². The molecule has 0 atom stereocenters. The molecule has 0 saturated heterocycles. The molecule has 0 fully saturated rings. The van der Waals surface area contributed by atoms with E-state index < -0.39 is 5.54 Å². The van der Waals surface area contributed by atoms with Crippen LogP contribution in [0.15, 0.2) is 16.6 Å². The zero-order valence-electron chi connectivity index (χ0n) is 8.40. The molecule has 0 aromatic heterocycles. The Morgan fingerprint density at radius 2 is 2.00 bits per heavy atom. The summed E-state index contributed by atoms with van der Waals surface area (Å²) in [5, 5.41) is 0. The van der Waals surface area contributed by atoms with Gasteiger partial charge in [0.25, 0.3) is 0 Å². The Morgan fingerprint density at radius 1 is 1.43 bits per heavy atom. The first kappa shape index (κ1) is 11.5. The van der Waals surface area contributed by atoms with Gasteiger partial charge in [-0.1, -0.05) is 0 Å². The lowest BCUT2D eigenvalue weighted by molar-refractivity contribution is 0.390. The molecule has 0 spiro atoms. The second-order valence-electron chi connectivity index (χ2n) is 3.69. The maximum Gasteiger partial charge on any atom is 0.141 e. The second kappa shape index (κ2) is 3.87. The normalized spacial score (nSPS) is 11.6. The number of hydrogen-bond donors (Lipinski definition) is 1. The summed E-state index contributed by atoms with van der Waals surface area (Å²) in [6, 6.07) is 2.97. The third-order valence-electron chi connectivity index (χ3n) is 1.94. The van der Waals surface area contributed by atoms with E-state index in [4.69, 9.17) is 10.5 Å². The van der Waals surface area contributed by atoms with Crippen molar-refractivity contribution in [1.29, 1.82) is 0 Å². The van der Waals surface area contributed by atoms with Crippen LogP contribution in [0.4, 0.5) is 4.39 Å². The molecule has 0 heterocycles. The molecule has 2 nitrogen and oxygen atoms in total. The van der Waals surface area contributed by atoms with E-state index in [1.165, 1.54) is 13.2 Å². The highest BCUT2D eigenvalue weighted by molar-refractivity contribution is 9.10. The Bertz CT molecular complexity index is 347. The molecule has 0 aliphatic carbocycles. The van der Waals surface area contributed by atoms with Gasteiger partial charge in [-0.25, -0.2) is 4.39 Å². The molecule has 0 unspecified atom stereocenters. The zero-order valence-corrected chi connectivity index (χ0v) is 9.98. The highest BCUT2D eigenvalue weighted by Crippen LogP contribution is 2.32. The Kier molecular flexibility index (Phi) is 3.17. The maximum atomic E-state index is 13.2. The third-order valence-corrected chi connectivity index (χ3v) is 2.54. The van der Waals surface area contributed by atoms with Gasteiger partial charge in [-0.15, -0.1) is 0 Å². The van der Waals surface area contributed by atoms with Gasteiger partial charge in [0.2, 0.25) is 0 Å². The first-order valence-corrected chi connectivity index (χ1v) is 4.98. The van der Waals surface area contributed by atoms with Gasteiger partial charge >= 0.3 is 0 Å². The van der Waals surface area contributed by atoms with E-state index in [-0.39, 0.29) is 5.82 Å². The van der Waals surface area contributed by atoms with E-state index in [2.05, 4.69) is 15.9 Å². The molecule has 1 rings (SSSR count). The van der Waals surface area contributed by atoms with Gasteiger partial charge < -0.3 is 10.5 Å². The van der Waals surface area contributed by atoms with Crippen molar-refractivity contribution in [3.05, 3.63) is 28.0 Å². The van der Waals surface area contributed by atoms with Gasteiger partial charge in [0.1, 0.15) is 11.6 Å². The lowest BCUT2D eigenvalue weighted by atomic mass is 9.95. The fourth-order valence-electron chi connectivity index (χ4n) is 1.20. The summed E-state index contributed by atoms with van der Waals surface area (Å²) in [5.41, 5.74) is 6.15. The van der Waals surface area contributed by atoms with Gasteiger partial charge in [0.15, 0.2) is 0 Å². The lowest BCUT2D eigenvalue weighted by Gasteiger charge is -2.22. The van der Waals surface area contributed by atoms with E-state index in [1.807, 2.05) is 13.8 Å². The third kappa shape index (κ3) is 2.25. The van der Waals surface area contributed by atoms with Gasteiger partial charge in [0.05, 0.1) is 11.6 Å². The van der Waals surface area contributed by atoms with Gasteiger partial charge in [-0.2, -0.15) is 0 Å². The average Bonchev–Trinajstić information content (AvgIpc) is 2.07. The van der Waals surface area contributed by atoms with E-state index in [0.717, 1.165) is 5.56 Å². The Hall–Kier alpha value is -0.610. The zero-order chi connectivity index (χ0) is 10.9. The topological polar surface area (TPSA) is 35.2 Å². The van der Waals surface area contributed by atoms with E-state index >= 15 is 0 Å². The summed E-state index contributed by atoms with van der Waals surface area (Å²) in [6.07, 6.45) is 0. The molecule has 14 heavy (non-hydrogen) atoms. The Labute approximate surface area is 91.4 Å². The SMILES string of the molecule is COc1cc(F)c(Br)cc1C(C)(C)N. The van der Waals surface area contributed by atoms with Crippen LogP contribution in [0.25, 0.3) is 0 Å². The monoisotopic (exact) mass is 261 g/mol. The van der Waals surface area contributed by atoms with E-state index in [0.29, 0.717) is 10.2 Å². The molecule has 1 aromatic carbocycles. The minimum atomic E-state index is -0.554. The van der Waals surface area contributed by atoms with Crippen molar-refractivity contribution < 1.29 is 9.13 Å². The van der Waals surface area contributed by atoms with Gasteiger partial charge in [-0.05, 0) is 35.8 Å². The molecule has 0 saturated carbocycles. The van der Waals surface area contributed by atoms with Crippen molar-refractivity contribution in [2.24, 2.45) is 5.73 Å². The van der Waals surface area contributed by atoms with Crippen LogP contribution in [0.2, 0.25) is 0 Å². The maximum absolute atomic E-state index is 13.2. The number of methoxy groups -OCH3 is 1. The number of halogens is 2. The summed E-state index contributed by atoms with van der Waals surface area (Å²) < 4.78 is 18.6. The Morgan fingerprint density at radius 3 is 2.43 bits per heavy atom. The van der Waals surface area contributed by atoms with Crippen LogP contribution in [-0.2, 0) is 5.54 Å². The molecular formula is C10H13BrFNO. The predicted octanol–water partition coefficient (Wildman–Crippen LogP) is 2.79. The molecule has 0 aliphatic rings. The molecule has 0 amide bonds. The molecule has 78 valence electrons. The van der Waals surface area contributed by atoms with Crippen LogP contribution in [0, 0.1) is 5.82 Å². The fourth-order valence-corrected chi connectivity index (χ4v) is 1.54. The number of nitrogens with two attached hydrogens (primary N) is 1. The Balaban J connectivity index is 3.35. The number of benzene rings is 1. The van der Waals surface area contributed by atoms with Crippen LogP contribution in [0.1, 0.15) is 19.4 Å². The van der Waals surface area contributed by atoms with Crippen LogP contribution in [0.5, 0.6) is 5.75 Å². The minimum Gasteiger partial charge on any atom is -0.496 e. The first-order chi connectivity index (χ1) is 6.36. The predicted molar refractivity (Wildman–Crippen MR) is 57.9 cm³/mol. The van der Waals surface area contributed by atoms with Crippen LogP contribution < -0.4 is 10.5 Å². The van der Waals surface area contributed by atoms with Crippen molar-refractivity contribution in [3.63, 3.8) is 0 Å². The molecule has 2 N–H and O–H groups in total. The minimum absolute atomic E-state index is 0.352. The van der Waals surface area contributed by atoms with Crippen molar-refractivity contribution in [2.45, 2.75) is 19.4 Å². The fraction of sp³-hybridized carbons (Fsp3) is 0.400. The standard InChI is InChI=1S/C10H13BrFNO/c1-10(2,13)6-4-7(11)8(12)5-9(6)14-3/h4-5H,13H2,1-3H3.